The Hall–Kier alpha value is 0.228. The summed E-state index contributed by atoms with van der Waals surface area (Å²) >= 11 is -2.55. The SMILES string of the molecule is O=[As](O)(O)c1ccc(I)cc1. The molecular formula is C6H6AsIO3. The van der Waals surface area contributed by atoms with Crippen molar-refractivity contribution in [3.63, 3.8) is 0 Å². The van der Waals surface area contributed by atoms with Crippen molar-refractivity contribution in [2.24, 2.45) is 0 Å². The quantitative estimate of drug-likeness (QED) is 0.557. The average Bonchev–Trinajstić information content (AvgIpc) is 1.86. The molecule has 0 aliphatic rings. The molecule has 1 aromatic carbocycles. The van der Waals surface area contributed by atoms with Crippen molar-refractivity contribution in [2.75, 3.05) is 0 Å². The zero-order valence-electron chi connectivity index (χ0n) is 5.44. The Morgan fingerprint density at radius 2 is 1.64 bits per heavy atom. The van der Waals surface area contributed by atoms with Gasteiger partial charge >= 0.3 is 80.9 Å². The van der Waals surface area contributed by atoms with Gasteiger partial charge in [-0.05, 0) is 0 Å². The molecule has 0 fully saturated rings. The third kappa shape index (κ3) is 2.63. The average molecular weight is 328 g/mol. The van der Waals surface area contributed by atoms with Crippen molar-refractivity contribution in [2.45, 2.75) is 0 Å². The van der Waals surface area contributed by atoms with Crippen LogP contribution in [0.1, 0.15) is 0 Å². The molecule has 0 saturated heterocycles. The van der Waals surface area contributed by atoms with E-state index in [4.69, 9.17) is 8.19 Å². The monoisotopic (exact) mass is 328 g/mol. The maximum absolute atomic E-state index is 10.7. The Labute approximate surface area is 80.6 Å². The summed E-state index contributed by atoms with van der Waals surface area (Å²) < 4.78 is 29.3. The van der Waals surface area contributed by atoms with Crippen LogP contribution in [0, 0.1) is 3.57 Å². The molecule has 0 saturated carbocycles. The van der Waals surface area contributed by atoms with Crippen LogP contribution in [-0.2, 0) is 3.74 Å². The first-order valence-corrected chi connectivity index (χ1v) is 7.28. The minimum atomic E-state index is -4.63. The van der Waals surface area contributed by atoms with Crippen molar-refractivity contribution in [1.82, 2.24) is 0 Å². The first-order chi connectivity index (χ1) is 5.00. The summed E-state index contributed by atoms with van der Waals surface area (Å²) in [7, 11) is 0. The Morgan fingerprint density at radius 3 is 2.00 bits per heavy atom. The molecule has 0 atom stereocenters. The van der Waals surface area contributed by atoms with Crippen molar-refractivity contribution in [3.05, 3.63) is 27.8 Å². The van der Waals surface area contributed by atoms with Crippen LogP contribution >= 0.6 is 22.6 Å². The third-order valence-corrected chi connectivity index (χ3v) is 3.92. The van der Waals surface area contributed by atoms with Crippen LogP contribution in [0.5, 0.6) is 0 Å². The van der Waals surface area contributed by atoms with E-state index < -0.39 is 14.2 Å². The Balaban J connectivity index is 3.09. The zero-order valence-corrected chi connectivity index (χ0v) is 9.47. The van der Waals surface area contributed by atoms with Crippen molar-refractivity contribution in [1.29, 1.82) is 0 Å². The fourth-order valence-electron chi connectivity index (χ4n) is 0.635. The van der Waals surface area contributed by atoms with Crippen molar-refractivity contribution in [3.8, 4) is 0 Å². The van der Waals surface area contributed by atoms with Gasteiger partial charge < -0.3 is 0 Å². The first kappa shape index (κ1) is 9.32. The van der Waals surface area contributed by atoms with Crippen LogP contribution in [0.25, 0.3) is 0 Å². The van der Waals surface area contributed by atoms with Crippen LogP contribution in [0.15, 0.2) is 24.3 Å². The minimum absolute atomic E-state index is 0.128. The Morgan fingerprint density at radius 1 is 1.18 bits per heavy atom. The predicted molar refractivity (Wildman–Crippen MR) is 49.7 cm³/mol. The van der Waals surface area contributed by atoms with Gasteiger partial charge in [-0.25, -0.2) is 0 Å². The van der Waals surface area contributed by atoms with E-state index in [1.807, 2.05) is 0 Å². The van der Waals surface area contributed by atoms with Gasteiger partial charge in [-0.15, -0.1) is 0 Å². The van der Waals surface area contributed by atoms with E-state index in [1.54, 1.807) is 12.1 Å². The van der Waals surface area contributed by atoms with E-state index in [-0.39, 0.29) is 4.35 Å². The fourth-order valence-corrected chi connectivity index (χ4v) is 2.12. The second-order valence-corrected chi connectivity index (χ2v) is 6.63. The standard InChI is InChI=1S/C6H6AsIO3/c8-6-3-1-5(2-4-6)7(9,10)11/h1-4H,(H2,9,10,11). The van der Waals surface area contributed by atoms with Gasteiger partial charge in [-0.2, -0.15) is 0 Å². The molecule has 0 heterocycles. The number of rotatable bonds is 1. The van der Waals surface area contributed by atoms with Crippen molar-refractivity contribution < 1.29 is 11.9 Å². The summed E-state index contributed by atoms with van der Waals surface area (Å²) in [5, 5.41) is 0. The molecule has 3 nitrogen and oxygen atoms in total. The summed E-state index contributed by atoms with van der Waals surface area (Å²) in [5.74, 6) is 0. The molecule has 0 unspecified atom stereocenters. The number of benzene rings is 1. The van der Waals surface area contributed by atoms with E-state index in [2.05, 4.69) is 22.6 Å². The summed E-state index contributed by atoms with van der Waals surface area (Å²) in [5.41, 5.74) is 0. The number of halogens is 1. The molecule has 2 N–H and O–H groups in total. The van der Waals surface area contributed by atoms with Gasteiger partial charge in [0.15, 0.2) is 0 Å². The van der Waals surface area contributed by atoms with E-state index in [9.17, 15) is 3.74 Å². The van der Waals surface area contributed by atoms with Gasteiger partial charge in [-0.3, -0.25) is 0 Å². The van der Waals surface area contributed by atoms with Gasteiger partial charge in [0.2, 0.25) is 0 Å². The molecule has 0 aliphatic heterocycles. The van der Waals surface area contributed by atoms with E-state index in [1.165, 1.54) is 12.1 Å². The molecule has 0 aliphatic carbocycles. The molecule has 0 bridgehead atoms. The Bertz CT molecular complexity index is 289. The van der Waals surface area contributed by atoms with E-state index >= 15 is 0 Å². The summed E-state index contributed by atoms with van der Waals surface area (Å²) in [4.78, 5) is 0. The molecule has 0 radical (unpaired) electrons. The van der Waals surface area contributed by atoms with Crippen LogP contribution in [-0.4, -0.2) is 22.4 Å². The number of hydrogen-bond donors (Lipinski definition) is 2. The van der Waals surface area contributed by atoms with Gasteiger partial charge in [0.05, 0.1) is 0 Å². The van der Waals surface area contributed by atoms with Crippen LogP contribution in [0.3, 0.4) is 0 Å². The molecule has 0 amide bonds. The maximum atomic E-state index is 10.7. The van der Waals surface area contributed by atoms with Crippen LogP contribution in [0.2, 0.25) is 0 Å². The summed E-state index contributed by atoms with van der Waals surface area (Å²) in [6, 6.07) is 6.27. The molecule has 1 aromatic rings. The molecular weight excluding hydrogens is 322 g/mol. The normalized spacial score (nSPS) is 11.5. The topological polar surface area (TPSA) is 57.5 Å². The molecule has 0 aromatic heterocycles. The molecule has 11 heavy (non-hydrogen) atoms. The van der Waals surface area contributed by atoms with Gasteiger partial charge in [0.25, 0.3) is 0 Å². The number of hydrogen-bond acceptors (Lipinski definition) is 1. The second kappa shape index (κ2) is 3.31. The summed E-state index contributed by atoms with van der Waals surface area (Å²) in [6.45, 7) is 0. The van der Waals surface area contributed by atoms with E-state index in [0.29, 0.717) is 0 Å². The molecule has 1 rings (SSSR count). The van der Waals surface area contributed by atoms with Gasteiger partial charge in [0.1, 0.15) is 0 Å². The van der Waals surface area contributed by atoms with Crippen molar-refractivity contribution >= 4 is 41.1 Å². The predicted octanol–water partition coefficient (Wildman–Crippen LogP) is -0.148. The van der Waals surface area contributed by atoms with Crippen LogP contribution < -0.4 is 4.35 Å². The first-order valence-electron chi connectivity index (χ1n) is 2.82. The van der Waals surface area contributed by atoms with Crippen LogP contribution in [0.4, 0.5) is 0 Å². The fraction of sp³-hybridized carbons (Fsp3) is 0. The third-order valence-electron chi connectivity index (χ3n) is 1.16. The van der Waals surface area contributed by atoms with Gasteiger partial charge in [0, 0.05) is 0 Å². The molecule has 0 spiro atoms. The summed E-state index contributed by atoms with van der Waals surface area (Å²) in [6.07, 6.45) is 0. The zero-order chi connectivity index (χ0) is 8.48. The Kier molecular flexibility index (Phi) is 2.80. The second-order valence-electron chi connectivity index (χ2n) is 2.02. The molecule has 5 heteroatoms. The van der Waals surface area contributed by atoms with E-state index in [0.717, 1.165) is 3.57 Å². The molecule has 60 valence electrons. The van der Waals surface area contributed by atoms with Gasteiger partial charge in [-0.1, -0.05) is 0 Å².